The molecule has 3 rings (SSSR count). The first-order chi connectivity index (χ1) is 19.9. The summed E-state index contributed by atoms with van der Waals surface area (Å²) in [5.74, 6) is 0.799. The molecule has 41 heavy (non-hydrogen) atoms. The summed E-state index contributed by atoms with van der Waals surface area (Å²) in [4.78, 5) is 29.4. The second-order valence-electron chi connectivity index (χ2n) is 9.62. The van der Waals surface area contributed by atoms with E-state index in [0.29, 0.717) is 54.4 Å². The molecule has 0 atom stereocenters. The molecule has 1 heterocycles. The van der Waals surface area contributed by atoms with Crippen LogP contribution < -0.4 is 15.0 Å². The standard InChI is InChI=1S/C31H39N7O3/c1-5-38(20-16-31(40)33-17-8-6-7-9-24(3)39)27-12-10-25(11-13-27)34-37-29-21-23(2)28(22-30(29)41-4)36-35-26-14-18-32-19-15-26/h10-15,18-19,21-22H,5-9,16-17,20H2,1-4H3,(H,33,40). The largest absolute Gasteiger partial charge is 0.494 e. The number of ketones is 1. The van der Waals surface area contributed by atoms with Crippen molar-refractivity contribution in [2.75, 3.05) is 31.6 Å². The van der Waals surface area contributed by atoms with Gasteiger partial charge in [-0.25, -0.2) is 0 Å². The van der Waals surface area contributed by atoms with Gasteiger partial charge in [-0.15, -0.1) is 5.11 Å². The zero-order valence-corrected chi connectivity index (χ0v) is 24.3. The number of anilines is 1. The molecule has 1 N–H and O–H groups in total. The molecular weight excluding hydrogens is 518 g/mol. The first-order valence-electron chi connectivity index (χ1n) is 13.9. The second-order valence-corrected chi connectivity index (χ2v) is 9.62. The van der Waals surface area contributed by atoms with E-state index >= 15 is 0 Å². The first-order valence-corrected chi connectivity index (χ1v) is 13.9. The molecule has 1 aromatic heterocycles. The minimum absolute atomic E-state index is 0.0366. The van der Waals surface area contributed by atoms with Crippen molar-refractivity contribution < 1.29 is 14.3 Å². The predicted molar refractivity (Wildman–Crippen MR) is 161 cm³/mol. The van der Waals surface area contributed by atoms with Crippen LogP contribution in [0, 0.1) is 6.92 Å². The van der Waals surface area contributed by atoms with E-state index in [9.17, 15) is 9.59 Å². The quantitative estimate of drug-likeness (QED) is 0.143. The highest BCUT2D eigenvalue weighted by Crippen LogP contribution is 2.36. The number of azo groups is 2. The number of carbonyl (C=O) groups is 2. The van der Waals surface area contributed by atoms with E-state index in [0.717, 1.165) is 37.1 Å². The van der Waals surface area contributed by atoms with Crippen LogP contribution in [0.3, 0.4) is 0 Å². The van der Waals surface area contributed by atoms with Crippen LogP contribution >= 0.6 is 0 Å². The van der Waals surface area contributed by atoms with Crippen LogP contribution in [-0.4, -0.2) is 43.4 Å². The van der Waals surface area contributed by atoms with Crippen molar-refractivity contribution in [3.8, 4) is 5.75 Å². The first kappa shape index (κ1) is 31.1. The van der Waals surface area contributed by atoms with Gasteiger partial charge >= 0.3 is 0 Å². The maximum absolute atomic E-state index is 12.3. The summed E-state index contributed by atoms with van der Waals surface area (Å²) in [5, 5.41) is 20.4. The summed E-state index contributed by atoms with van der Waals surface area (Å²) in [6.07, 6.45) is 7.08. The molecule has 10 heteroatoms. The number of Topliss-reactive ketones (excluding diaryl/α,β-unsaturated/α-hetero) is 1. The maximum Gasteiger partial charge on any atom is 0.221 e. The van der Waals surface area contributed by atoms with Gasteiger partial charge in [0.05, 0.1) is 24.2 Å². The van der Waals surface area contributed by atoms with Crippen molar-refractivity contribution in [2.45, 2.75) is 52.9 Å². The lowest BCUT2D eigenvalue weighted by atomic mass is 10.1. The minimum Gasteiger partial charge on any atom is -0.494 e. The van der Waals surface area contributed by atoms with Gasteiger partial charge in [0.1, 0.15) is 17.2 Å². The molecule has 2 aromatic carbocycles. The number of unbranched alkanes of at least 4 members (excludes halogenated alkanes) is 2. The molecule has 0 saturated heterocycles. The molecule has 0 aliphatic heterocycles. The number of hydrogen-bond donors (Lipinski definition) is 1. The number of pyridine rings is 1. The molecule has 0 radical (unpaired) electrons. The third kappa shape index (κ3) is 10.6. The Kier molecular flexibility index (Phi) is 12.6. The Hall–Kier alpha value is -4.47. The summed E-state index contributed by atoms with van der Waals surface area (Å²) in [7, 11) is 1.58. The lowest BCUT2D eigenvalue weighted by Crippen LogP contribution is -2.31. The summed E-state index contributed by atoms with van der Waals surface area (Å²) < 4.78 is 5.53. The van der Waals surface area contributed by atoms with Crippen LogP contribution in [0.15, 0.2) is 81.4 Å². The zero-order valence-electron chi connectivity index (χ0n) is 24.3. The van der Waals surface area contributed by atoms with E-state index in [2.05, 4.69) is 42.6 Å². The fourth-order valence-electron chi connectivity index (χ4n) is 4.07. The number of amides is 1. The number of methoxy groups -OCH3 is 1. The number of nitrogens with one attached hydrogen (secondary N) is 1. The van der Waals surface area contributed by atoms with Gasteiger partial charge in [-0.2, -0.15) is 15.3 Å². The van der Waals surface area contributed by atoms with Gasteiger partial charge in [-0.1, -0.05) is 6.42 Å². The van der Waals surface area contributed by atoms with E-state index in [1.54, 1.807) is 44.6 Å². The Morgan fingerprint density at radius 1 is 0.878 bits per heavy atom. The highest BCUT2D eigenvalue weighted by atomic mass is 16.5. The number of aryl methyl sites for hydroxylation is 1. The van der Waals surface area contributed by atoms with E-state index in [1.807, 2.05) is 37.3 Å². The summed E-state index contributed by atoms with van der Waals surface area (Å²) >= 11 is 0. The predicted octanol–water partition coefficient (Wildman–Crippen LogP) is 7.71. The van der Waals surface area contributed by atoms with Crippen LogP contribution in [0.25, 0.3) is 0 Å². The van der Waals surface area contributed by atoms with Gasteiger partial charge in [0, 0.05) is 56.6 Å². The van der Waals surface area contributed by atoms with E-state index in [4.69, 9.17) is 4.74 Å². The van der Waals surface area contributed by atoms with Gasteiger partial charge in [0.2, 0.25) is 5.91 Å². The fourth-order valence-corrected chi connectivity index (χ4v) is 4.07. The van der Waals surface area contributed by atoms with Gasteiger partial charge in [0.15, 0.2) is 0 Å². The summed E-state index contributed by atoms with van der Waals surface area (Å²) in [6, 6.07) is 15.0. The highest BCUT2D eigenvalue weighted by molar-refractivity contribution is 5.76. The van der Waals surface area contributed by atoms with Crippen molar-refractivity contribution in [3.63, 3.8) is 0 Å². The summed E-state index contributed by atoms with van der Waals surface area (Å²) in [5.41, 5.74) is 4.60. The van der Waals surface area contributed by atoms with Crippen molar-refractivity contribution >= 4 is 40.1 Å². The number of nitrogens with zero attached hydrogens (tertiary/aromatic N) is 6. The maximum atomic E-state index is 12.3. The molecule has 0 unspecified atom stereocenters. The molecule has 10 nitrogen and oxygen atoms in total. The van der Waals surface area contributed by atoms with Crippen molar-refractivity contribution in [1.29, 1.82) is 0 Å². The Balaban J connectivity index is 1.55. The number of benzene rings is 2. The molecule has 0 bridgehead atoms. The van der Waals surface area contributed by atoms with Gasteiger partial charge in [-0.05, 0) is 81.6 Å². The molecule has 216 valence electrons. The molecule has 0 spiro atoms. The minimum atomic E-state index is 0.0366. The van der Waals surface area contributed by atoms with Gasteiger partial charge in [-0.3, -0.25) is 9.78 Å². The summed E-state index contributed by atoms with van der Waals surface area (Å²) in [6.45, 7) is 7.65. The van der Waals surface area contributed by atoms with E-state index in [-0.39, 0.29) is 11.7 Å². The molecule has 0 aliphatic rings. The van der Waals surface area contributed by atoms with E-state index < -0.39 is 0 Å². The lowest BCUT2D eigenvalue weighted by Gasteiger charge is -2.23. The van der Waals surface area contributed by atoms with Crippen LogP contribution in [-0.2, 0) is 9.59 Å². The monoisotopic (exact) mass is 557 g/mol. The van der Waals surface area contributed by atoms with Gasteiger partial charge in [0.25, 0.3) is 0 Å². The van der Waals surface area contributed by atoms with Crippen molar-refractivity contribution in [1.82, 2.24) is 10.3 Å². The fraction of sp³-hybridized carbons (Fsp3) is 0.387. The van der Waals surface area contributed by atoms with Crippen LogP contribution in [0.4, 0.5) is 28.4 Å². The number of aromatic nitrogens is 1. The molecule has 1 amide bonds. The second kappa shape index (κ2) is 16.6. The number of ether oxygens (including phenoxy) is 1. The normalized spacial score (nSPS) is 11.2. The third-order valence-electron chi connectivity index (χ3n) is 6.44. The van der Waals surface area contributed by atoms with Crippen LogP contribution in [0.2, 0.25) is 0 Å². The Bertz CT molecular complexity index is 1330. The molecule has 0 aliphatic carbocycles. The van der Waals surface area contributed by atoms with Crippen LogP contribution in [0.5, 0.6) is 5.75 Å². The number of rotatable bonds is 16. The molecule has 3 aromatic rings. The molecule has 0 fully saturated rings. The van der Waals surface area contributed by atoms with E-state index in [1.165, 1.54) is 0 Å². The van der Waals surface area contributed by atoms with Crippen molar-refractivity contribution in [2.24, 2.45) is 20.5 Å². The zero-order chi connectivity index (χ0) is 29.5. The Morgan fingerprint density at radius 3 is 2.22 bits per heavy atom. The Labute approximate surface area is 242 Å². The highest BCUT2D eigenvalue weighted by Gasteiger charge is 2.10. The molecular formula is C31H39N7O3. The SMILES string of the molecule is CCN(CCC(=O)NCCCCCC(C)=O)c1ccc(N=Nc2cc(C)c(N=Nc3ccncc3)cc2OC)cc1. The lowest BCUT2D eigenvalue weighted by molar-refractivity contribution is -0.121. The smallest absolute Gasteiger partial charge is 0.221 e. The third-order valence-corrected chi connectivity index (χ3v) is 6.44. The average Bonchev–Trinajstić information content (AvgIpc) is 2.98. The van der Waals surface area contributed by atoms with Crippen LogP contribution in [0.1, 0.15) is 51.5 Å². The molecule has 0 saturated carbocycles. The average molecular weight is 558 g/mol. The van der Waals surface area contributed by atoms with Crippen molar-refractivity contribution in [3.05, 3.63) is 66.5 Å². The number of carbonyl (C=O) groups excluding carboxylic acids is 2. The number of hydrogen-bond acceptors (Lipinski definition) is 9. The topological polar surface area (TPSA) is 121 Å². The Morgan fingerprint density at radius 2 is 1.56 bits per heavy atom. The van der Waals surface area contributed by atoms with Gasteiger partial charge < -0.3 is 19.7 Å².